The zero-order valence-electron chi connectivity index (χ0n) is 8.15. The fraction of sp³-hybridized carbons (Fsp3) is 0.300. The molecule has 0 radical (unpaired) electrons. The Hall–Kier alpha value is -1.39. The fourth-order valence-corrected chi connectivity index (χ4v) is 1.40. The van der Waals surface area contributed by atoms with Gasteiger partial charge in [0.2, 0.25) is 6.29 Å². The monoisotopic (exact) mass is 192 g/mol. The van der Waals surface area contributed by atoms with Gasteiger partial charge in [0.1, 0.15) is 0 Å². The van der Waals surface area contributed by atoms with E-state index < -0.39 is 6.29 Å². The van der Waals surface area contributed by atoms with Gasteiger partial charge in [0.05, 0.1) is 11.0 Å². The highest BCUT2D eigenvalue weighted by Gasteiger charge is 2.13. The number of aromatic amines is 1. The predicted molar refractivity (Wildman–Crippen MR) is 52.9 cm³/mol. The fourth-order valence-electron chi connectivity index (χ4n) is 1.40. The molecule has 0 bridgehead atoms. The van der Waals surface area contributed by atoms with E-state index in [1.165, 1.54) is 0 Å². The lowest BCUT2D eigenvalue weighted by Crippen LogP contribution is -2.05. The molecule has 0 atom stereocenters. The van der Waals surface area contributed by atoms with E-state index in [1.807, 2.05) is 24.3 Å². The number of imidazole rings is 1. The Balaban J connectivity index is 2.43. The molecule has 0 aliphatic carbocycles. The van der Waals surface area contributed by atoms with E-state index in [-0.39, 0.29) is 0 Å². The van der Waals surface area contributed by atoms with E-state index in [1.54, 1.807) is 14.2 Å². The third-order valence-electron chi connectivity index (χ3n) is 2.06. The minimum atomic E-state index is -0.428. The van der Waals surface area contributed by atoms with Crippen molar-refractivity contribution in [2.75, 3.05) is 14.2 Å². The Labute approximate surface area is 81.9 Å². The Morgan fingerprint density at radius 2 is 1.93 bits per heavy atom. The molecule has 2 rings (SSSR count). The Bertz CT molecular complexity index is 388. The molecule has 0 aliphatic rings. The van der Waals surface area contributed by atoms with E-state index in [2.05, 4.69) is 9.97 Å². The van der Waals surface area contributed by atoms with Crippen LogP contribution in [-0.4, -0.2) is 24.2 Å². The van der Waals surface area contributed by atoms with Crippen molar-refractivity contribution in [1.82, 2.24) is 9.97 Å². The first-order valence-corrected chi connectivity index (χ1v) is 4.35. The molecule has 1 aromatic carbocycles. The second kappa shape index (κ2) is 3.77. The molecule has 0 saturated carbocycles. The number of nitrogens with one attached hydrogen (secondary N) is 1. The topological polar surface area (TPSA) is 47.1 Å². The highest BCUT2D eigenvalue weighted by atomic mass is 16.7. The van der Waals surface area contributed by atoms with Crippen LogP contribution in [0.25, 0.3) is 11.0 Å². The number of benzene rings is 1. The van der Waals surface area contributed by atoms with Crippen molar-refractivity contribution in [3.05, 3.63) is 30.1 Å². The summed E-state index contributed by atoms with van der Waals surface area (Å²) in [5, 5.41) is 0. The summed E-state index contributed by atoms with van der Waals surface area (Å²) < 4.78 is 10.2. The molecule has 2 aromatic rings. The summed E-state index contributed by atoms with van der Waals surface area (Å²) in [5.74, 6) is 0.691. The van der Waals surface area contributed by atoms with E-state index >= 15 is 0 Å². The molecule has 1 heterocycles. The van der Waals surface area contributed by atoms with Gasteiger partial charge in [-0.05, 0) is 12.1 Å². The van der Waals surface area contributed by atoms with E-state index in [4.69, 9.17) is 9.47 Å². The summed E-state index contributed by atoms with van der Waals surface area (Å²) in [5.41, 5.74) is 1.91. The van der Waals surface area contributed by atoms with Crippen LogP contribution in [-0.2, 0) is 9.47 Å². The van der Waals surface area contributed by atoms with Gasteiger partial charge in [-0.3, -0.25) is 0 Å². The van der Waals surface area contributed by atoms with Gasteiger partial charge < -0.3 is 14.5 Å². The van der Waals surface area contributed by atoms with E-state index in [0.717, 1.165) is 11.0 Å². The van der Waals surface area contributed by atoms with Crippen LogP contribution in [0.4, 0.5) is 0 Å². The SMILES string of the molecule is COC(OC)c1nc2ccccc2[nH]1. The summed E-state index contributed by atoms with van der Waals surface area (Å²) >= 11 is 0. The van der Waals surface area contributed by atoms with Crippen LogP contribution in [0.1, 0.15) is 12.1 Å². The van der Waals surface area contributed by atoms with Crippen LogP contribution in [0.2, 0.25) is 0 Å². The van der Waals surface area contributed by atoms with Crippen molar-refractivity contribution < 1.29 is 9.47 Å². The average molecular weight is 192 g/mol. The van der Waals surface area contributed by atoms with Crippen molar-refractivity contribution in [2.45, 2.75) is 6.29 Å². The van der Waals surface area contributed by atoms with Crippen LogP contribution in [0.5, 0.6) is 0 Å². The smallest absolute Gasteiger partial charge is 0.216 e. The number of para-hydroxylation sites is 2. The number of methoxy groups -OCH3 is 2. The van der Waals surface area contributed by atoms with Crippen LogP contribution in [0.3, 0.4) is 0 Å². The quantitative estimate of drug-likeness (QED) is 0.755. The Morgan fingerprint density at radius 1 is 1.21 bits per heavy atom. The summed E-state index contributed by atoms with van der Waals surface area (Å²) in [6.45, 7) is 0. The second-order valence-electron chi connectivity index (χ2n) is 2.94. The molecule has 0 unspecified atom stereocenters. The largest absolute Gasteiger partial charge is 0.349 e. The number of aromatic nitrogens is 2. The van der Waals surface area contributed by atoms with Crippen LogP contribution >= 0.6 is 0 Å². The van der Waals surface area contributed by atoms with Crippen LogP contribution < -0.4 is 0 Å². The average Bonchev–Trinajstić information content (AvgIpc) is 2.63. The van der Waals surface area contributed by atoms with Gasteiger partial charge >= 0.3 is 0 Å². The summed E-state index contributed by atoms with van der Waals surface area (Å²) in [7, 11) is 3.17. The van der Waals surface area contributed by atoms with Gasteiger partial charge in [-0.2, -0.15) is 0 Å². The standard InChI is InChI=1S/C10H12N2O2/c1-13-10(14-2)9-11-7-5-3-4-6-8(7)12-9/h3-6,10H,1-2H3,(H,11,12). The first-order chi connectivity index (χ1) is 6.85. The van der Waals surface area contributed by atoms with Gasteiger partial charge in [0.15, 0.2) is 5.82 Å². The predicted octanol–water partition coefficient (Wildman–Crippen LogP) is 1.85. The first kappa shape index (κ1) is 9.18. The molecule has 0 amide bonds. The number of hydrogen-bond acceptors (Lipinski definition) is 3. The van der Waals surface area contributed by atoms with Crippen molar-refractivity contribution in [3.63, 3.8) is 0 Å². The van der Waals surface area contributed by atoms with Gasteiger partial charge in [0, 0.05) is 14.2 Å². The summed E-state index contributed by atoms with van der Waals surface area (Å²) in [6, 6.07) is 7.81. The molecule has 0 fully saturated rings. The maximum atomic E-state index is 5.10. The molecule has 0 spiro atoms. The lowest BCUT2D eigenvalue weighted by molar-refractivity contribution is -0.110. The maximum Gasteiger partial charge on any atom is 0.216 e. The lowest BCUT2D eigenvalue weighted by atomic mass is 10.3. The number of nitrogens with zero attached hydrogens (tertiary/aromatic N) is 1. The molecular weight excluding hydrogens is 180 g/mol. The minimum Gasteiger partial charge on any atom is -0.349 e. The zero-order chi connectivity index (χ0) is 9.97. The number of ether oxygens (including phenoxy) is 2. The van der Waals surface area contributed by atoms with Crippen molar-refractivity contribution >= 4 is 11.0 Å². The van der Waals surface area contributed by atoms with Gasteiger partial charge in [-0.15, -0.1) is 0 Å². The number of H-pyrrole nitrogens is 1. The molecular formula is C10H12N2O2. The molecule has 4 heteroatoms. The molecule has 0 saturated heterocycles. The Kier molecular flexibility index (Phi) is 2.47. The van der Waals surface area contributed by atoms with Crippen LogP contribution in [0.15, 0.2) is 24.3 Å². The van der Waals surface area contributed by atoms with Crippen molar-refractivity contribution in [2.24, 2.45) is 0 Å². The zero-order valence-corrected chi connectivity index (χ0v) is 8.15. The number of rotatable bonds is 3. The third-order valence-corrected chi connectivity index (χ3v) is 2.06. The molecule has 4 nitrogen and oxygen atoms in total. The van der Waals surface area contributed by atoms with E-state index in [0.29, 0.717) is 5.82 Å². The normalized spacial score (nSPS) is 11.4. The van der Waals surface area contributed by atoms with Crippen molar-refractivity contribution in [1.29, 1.82) is 0 Å². The highest BCUT2D eigenvalue weighted by Crippen LogP contribution is 2.18. The minimum absolute atomic E-state index is 0.428. The molecule has 1 N–H and O–H groups in total. The van der Waals surface area contributed by atoms with Gasteiger partial charge in [0.25, 0.3) is 0 Å². The van der Waals surface area contributed by atoms with Crippen LogP contribution in [0, 0.1) is 0 Å². The third kappa shape index (κ3) is 1.49. The van der Waals surface area contributed by atoms with Gasteiger partial charge in [-0.25, -0.2) is 4.98 Å². The highest BCUT2D eigenvalue weighted by molar-refractivity contribution is 5.74. The lowest BCUT2D eigenvalue weighted by Gasteiger charge is -2.08. The Morgan fingerprint density at radius 3 is 2.57 bits per heavy atom. The molecule has 74 valence electrons. The first-order valence-electron chi connectivity index (χ1n) is 4.35. The van der Waals surface area contributed by atoms with Crippen molar-refractivity contribution in [3.8, 4) is 0 Å². The second-order valence-corrected chi connectivity index (χ2v) is 2.94. The molecule has 1 aromatic heterocycles. The van der Waals surface area contributed by atoms with Gasteiger partial charge in [-0.1, -0.05) is 12.1 Å². The number of fused-ring (bicyclic) bond motifs is 1. The maximum absolute atomic E-state index is 5.10. The van der Waals surface area contributed by atoms with E-state index in [9.17, 15) is 0 Å². The molecule has 14 heavy (non-hydrogen) atoms. The number of hydrogen-bond donors (Lipinski definition) is 1. The summed E-state index contributed by atoms with van der Waals surface area (Å²) in [4.78, 5) is 7.49. The summed E-state index contributed by atoms with van der Waals surface area (Å²) in [6.07, 6.45) is -0.428. The molecule has 0 aliphatic heterocycles.